The maximum Gasteiger partial charge on any atom is 0.322 e. The van der Waals surface area contributed by atoms with Crippen molar-refractivity contribution in [2.75, 3.05) is 19.0 Å². The molecule has 2 N–H and O–H groups in total. The first-order chi connectivity index (χ1) is 13.5. The fraction of sp³-hybridized carbons (Fsp3) is 0.400. The van der Waals surface area contributed by atoms with Gasteiger partial charge in [-0.3, -0.25) is 4.79 Å². The topological polar surface area (TPSA) is 74.4 Å². The first-order valence-electron chi connectivity index (χ1n) is 9.29. The van der Waals surface area contributed by atoms with Gasteiger partial charge in [-0.15, -0.1) is 0 Å². The highest BCUT2D eigenvalue weighted by molar-refractivity contribution is 5.89. The van der Waals surface area contributed by atoms with Gasteiger partial charge in [-0.05, 0) is 42.5 Å². The van der Waals surface area contributed by atoms with E-state index in [0.717, 1.165) is 53.8 Å². The smallest absolute Gasteiger partial charge is 0.322 e. The van der Waals surface area contributed by atoms with E-state index in [9.17, 15) is 18.4 Å². The molecule has 1 aliphatic heterocycles. The number of aromatic nitrogens is 1. The molecule has 2 aromatic rings. The van der Waals surface area contributed by atoms with Gasteiger partial charge in [0.2, 0.25) is 0 Å². The molecule has 2 aliphatic rings. The van der Waals surface area contributed by atoms with Crippen LogP contribution >= 0.6 is 0 Å². The molecule has 8 heteroatoms. The van der Waals surface area contributed by atoms with Crippen LogP contribution in [0.15, 0.2) is 23.0 Å². The van der Waals surface area contributed by atoms with E-state index in [2.05, 4.69) is 10.3 Å². The maximum absolute atomic E-state index is 13.4. The molecule has 1 unspecified atom stereocenters. The van der Waals surface area contributed by atoms with Crippen molar-refractivity contribution < 1.29 is 18.3 Å². The molecular formula is C20H21F2N3O3. The highest BCUT2D eigenvalue weighted by Gasteiger charge is 2.32. The maximum atomic E-state index is 13.4. The average molecular weight is 389 g/mol. The molecule has 0 fully saturated rings. The number of carbonyl (C=O) groups excluding carboxylic acids is 1. The summed E-state index contributed by atoms with van der Waals surface area (Å²) in [7, 11) is 1.66. The zero-order chi connectivity index (χ0) is 19.8. The lowest BCUT2D eigenvalue weighted by molar-refractivity contribution is 0.107. The van der Waals surface area contributed by atoms with Gasteiger partial charge in [0.15, 0.2) is 11.6 Å². The predicted molar refractivity (Wildman–Crippen MR) is 99.2 cm³/mol. The van der Waals surface area contributed by atoms with E-state index < -0.39 is 17.7 Å². The highest BCUT2D eigenvalue weighted by Crippen LogP contribution is 2.37. The summed E-state index contributed by atoms with van der Waals surface area (Å²) in [6, 6.07) is 2.57. The summed E-state index contributed by atoms with van der Waals surface area (Å²) in [6.45, 7) is 0.864. The summed E-state index contributed by atoms with van der Waals surface area (Å²) < 4.78 is 32.1. The number of benzene rings is 1. The second kappa shape index (κ2) is 7.35. The number of H-pyrrole nitrogens is 1. The molecule has 0 spiro atoms. The molecule has 1 atom stereocenters. The lowest BCUT2D eigenvalue weighted by atomic mass is 9.84. The summed E-state index contributed by atoms with van der Waals surface area (Å²) in [6.07, 6.45) is 2.87. The number of pyridine rings is 1. The Morgan fingerprint density at radius 3 is 2.86 bits per heavy atom. The lowest BCUT2D eigenvalue weighted by Gasteiger charge is -2.36. The molecule has 1 aliphatic carbocycles. The van der Waals surface area contributed by atoms with Crippen molar-refractivity contribution in [3.8, 4) is 0 Å². The molecule has 28 heavy (non-hydrogen) atoms. The van der Waals surface area contributed by atoms with Gasteiger partial charge in [-0.25, -0.2) is 13.6 Å². The van der Waals surface area contributed by atoms with E-state index in [1.54, 1.807) is 11.9 Å². The lowest BCUT2D eigenvalue weighted by Crippen LogP contribution is -2.39. The van der Waals surface area contributed by atoms with E-state index in [0.29, 0.717) is 19.6 Å². The molecule has 0 bridgehead atoms. The van der Waals surface area contributed by atoms with Crippen molar-refractivity contribution in [3.63, 3.8) is 0 Å². The Hall–Kier alpha value is -2.74. The van der Waals surface area contributed by atoms with Crippen LogP contribution in [-0.2, 0) is 24.2 Å². The number of fused-ring (bicyclic) bond motifs is 3. The molecule has 1 aromatic heterocycles. The van der Waals surface area contributed by atoms with Crippen molar-refractivity contribution >= 4 is 11.7 Å². The van der Waals surface area contributed by atoms with E-state index in [1.807, 2.05) is 0 Å². The minimum atomic E-state index is -1.02. The molecule has 2 heterocycles. The van der Waals surface area contributed by atoms with Crippen molar-refractivity contribution in [1.29, 1.82) is 0 Å². The Balaban J connectivity index is 1.64. The van der Waals surface area contributed by atoms with E-state index in [1.165, 1.54) is 6.07 Å². The second-order valence-corrected chi connectivity index (χ2v) is 7.18. The average Bonchev–Trinajstić information content (AvgIpc) is 2.70. The molecule has 148 valence electrons. The number of halogens is 2. The van der Waals surface area contributed by atoms with Crippen LogP contribution in [0.3, 0.4) is 0 Å². The molecule has 0 saturated carbocycles. The standard InChI is InChI=1S/C20H21F2N3O3/c1-25(20(27)23-11-5-6-14(21)15(22)9-11)17-4-2-3-16-18(17)13-10-28-8-7-12(13)19(26)24-16/h5-6,9,17H,2-4,7-8,10H2,1H3,(H,23,27)(H,24,26). The van der Waals surface area contributed by atoms with Crippen LogP contribution in [0.1, 0.15) is 41.3 Å². The van der Waals surface area contributed by atoms with Gasteiger partial charge >= 0.3 is 6.03 Å². The number of ether oxygens (including phenoxy) is 1. The van der Waals surface area contributed by atoms with Crippen molar-refractivity contribution in [2.24, 2.45) is 0 Å². The molecule has 4 rings (SSSR count). The fourth-order valence-corrected chi connectivity index (χ4v) is 4.07. The van der Waals surface area contributed by atoms with Gasteiger partial charge in [0.05, 0.1) is 19.3 Å². The van der Waals surface area contributed by atoms with Crippen LogP contribution in [0.5, 0.6) is 0 Å². The van der Waals surface area contributed by atoms with Crippen LogP contribution in [0, 0.1) is 11.6 Å². The van der Waals surface area contributed by atoms with E-state index >= 15 is 0 Å². The van der Waals surface area contributed by atoms with Gasteiger partial charge < -0.3 is 19.9 Å². The van der Waals surface area contributed by atoms with Gasteiger partial charge in [0.25, 0.3) is 5.56 Å². The summed E-state index contributed by atoms with van der Waals surface area (Å²) in [5.74, 6) is -1.99. The molecule has 2 amide bonds. The van der Waals surface area contributed by atoms with Crippen LogP contribution in [0.2, 0.25) is 0 Å². The largest absolute Gasteiger partial charge is 0.376 e. The number of aromatic amines is 1. The fourth-order valence-electron chi connectivity index (χ4n) is 4.07. The monoisotopic (exact) mass is 389 g/mol. The van der Waals surface area contributed by atoms with Gasteiger partial charge in [0.1, 0.15) is 0 Å². The Kier molecular flexibility index (Phi) is 4.89. The number of aryl methyl sites for hydroxylation is 1. The summed E-state index contributed by atoms with van der Waals surface area (Å²) in [5, 5.41) is 2.61. The third-order valence-corrected chi connectivity index (χ3v) is 5.49. The number of nitrogens with one attached hydrogen (secondary N) is 2. The zero-order valence-corrected chi connectivity index (χ0v) is 15.5. The Morgan fingerprint density at radius 1 is 1.25 bits per heavy atom. The quantitative estimate of drug-likeness (QED) is 0.828. The molecule has 6 nitrogen and oxygen atoms in total. The Bertz CT molecular complexity index is 989. The number of amides is 2. The molecular weight excluding hydrogens is 368 g/mol. The first kappa shape index (κ1) is 18.6. The van der Waals surface area contributed by atoms with Crippen LogP contribution < -0.4 is 10.9 Å². The number of hydrogen-bond acceptors (Lipinski definition) is 3. The van der Waals surface area contributed by atoms with Gasteiger partial charge in [0, 0.05) is 36.5 Å². The van der Waals surface area contributed by atoms with Crippen molar-refractivity contribution in [3.05, 3.63) is 62.6 Å². The van der Waals surface area contributed by atoms with E-state index in [4.69, 9.17) is 4.74 Å². The van der Waals surface area contributed by atoms with Crippen LogP contribution in [-0.4, -0.2) is 29.6 Å². The summed E-state index contributed by atoms with van der Waals surface area (Å²) in [4.78, 5) is 29.7. The third-order valence-electron chi connectivity index (χ3n) is 5.49. The number of hydrogen-bond donors (Lipinski definition) is 2. The van der Waals surface area contributed by atoms with Crippen molar-refractivity contribution in [2.45, 2.75) is 38.3 Å². The predicted octanol–water partition coefficient (Wildman–Crippen LogP) is 3.27. The number of rotatable bonds is 2. The Labute approximate surface area is 160 Å². The number of nitrogens with zero attached hydrogens (tertiary/aromatic N) is 1. The van der Waals surface area contributed by atoms with Gasteiger partial charge in [-0.1, -0.05) is 0 Å². The van der Waals surface area contributed by atoms with Crippen LogP contribution in [0.4, 0.5) is 19.3 Å². The minimum Gasteiger partial charge on any atom is -0.376 e. The summed E-state index contributed by atoms with van der Waals surface area (Å²) in [5.41, 5.74) is 3.50. The van der Waals surface area contributed by atoms with E-state index in [-0.39, 0.29) is 17.3 Å². The number of urea groups is 1. The van der Waals surface area contributed by atoms with Gasteiger partial charge in [-0.2, -0.15) is 0 Å². The summed E-state index contributed by atoms with van der Waals surface area (Å²) >= 11 is 0. The third kappa shape index (κ3) is 3.28. The van der Waals surface area contributed by atoms with Crippen molar-refractivity contribution in [1.82, 2.24) is 9.88 Å². The highest BCUT2D eigenvalue weighted by atomic mass is 19.2. The normalized spacial score (nSPS) is 18.2. The number of anilines is 1. The zero-order valence-electron chi connectivity index (χ0n) is 15.5. The number of carbonyl (C=O) groups is 1. The first-order valence-corrected chi connectivity index (χ1v) is 9.29. The van der Waals surface area contributed by atoms with Crippen LogP contribution in [0.25, 0.3) is 0 Å². The Morgan fingerprint density at radius 2 is 2.07 bits per heavy atom. The molecule has 0 radical (unpaired) electrons. The molecule has 1 aromatic carbocycles. The second-order valence-electron chi connectivity index (χ2n) is 7.18. The minimum absolute atomic E-state index is 0.0772. The molecule has 0 saturated heterocycles. The SMILES string of the molecule is CN(C(=O)Nc1ccc(F)c(F)c1)C1CCCc2[nH]c(=O)c3c(c21)COCC3.